The minimum Gasteiger partial charge on any atom is -0.478 e. The van der Waals surface area contributed by atoms with E-state index < -0.39 is 17.8 Å². The van der Waals surface area contributed by atoms with Crippen molar-refractivity contribution in [1.82, 2.24) is 25.3 Å². The summed E-state index contributed by atoms with van der Waals surface area (Å²) in [6.07, 6.45) is 1.72. The number of carboxylic acids is 1. The summed E-state index contributed by atoms with van der Waals surface area (Å²) in [7, 11) is 0. The lowest BCUT2D eigenvalue weighted by atomic mass is 10.1. The van der Waals surface area contributed by atoms with Gasteiger partial charge in [0.25, 0.3) is 0 Å². The Balaban J connectivity index is 1.55. The zero-order valence-corrected chi connectivity index (χ0v) is 18.1. The number of imide groups is 1. The molecule has 0 radical (unpaired) electrons. The van der Waals surface area contributed by atoms with Crippen LogP contribution in [0.15, 0.2) is 42.6 Å². The molecule has 2 N–H and O–H groups in total. The normalized spacial score (nSPS) is 13.3. The highest BCUT2D eigenvalue weighted by atomic mass is 16.5. The molecule has 12 nitrogen and oxygen atoms in total. The maximum Gasteiger partial charge on any atom is 0.339 e. The molecule has 0 spiro atoms. The Morgan fingerprint density at radius 1 is 1.15 bits per heavy atom. The Morgan fingerprint density at radius 2 is 1.91 bits per heavy atom. The van der Waals surface area contributed by atoms with Crippen molar-refractivity contribution in [1.29, 1.82) is 0 Å². The molecule has 0 bridgehead atoms. The van der Waals surface area contributed by atoms with Gasteiger partial charge in [0.05, 0.1) is 12.7 Å². The average Bonchev–Trinajstić information content (AvgIpc) is 3.40. The van der Waals surface area contributed by atoms with E-state index in [0.717, 1.165) is 4.90 Å². The highest BCUT2D eigenvalue weighted by molar-refractivity contribution is 6.21. The lowest BCUT2D eigenvalue weighted by Crippen LogP contribution is -2.31. The lowest BCUT2D eigenvalue weighted by molar-refractivity contribution is -0.121. The highest BCUT2D eigenvalue weighted by Crippen LogP contribution is 2.30. The summed E-state index contributed by atoms with van der Waals surface area (Å²) >= 11 is 0. The Hall–Kier alpha value is -4.61. The number of aromatic carboxylic acids is 1. The number of hydrogen-bond acceptors (Lipinski definition) is 8. The van der Waals surface area contributed by atoms with E-state index in [4.69, 9.17) is 4.74 Å². The van der Waals surface area contributed by atoms with Gasteiger partial charge in [-0.2, -0.15) is 4.98 Å². The number of carboxylic acid groups (broad SMARTS) is 1. The van der Waals surface area contributed by atoms with Crippen LogP contribution >= 0.6 is 0 Å². The van der Waals surface area contributed by atoms with Crippen molar-refractivity contribution < 1.29 is 29.0 Å². The zero-order chi connectivity index (χ0) is 24.2. The van der Waals surface area contributed by atoms with Gasteiger partial charge in [0.1, 0.15) is 17.0 Å². The van der Waals surface area contributed by atoms with Crippen molar-refractivity contribution in [3.05, 3.63) is 48.2 Å². The number of nitrogens with zero attached hydrogens (tertiary/aromatic N) is 5. The Bertz CT molecular complexity index is 1270. The van der Waals surface area contributed by atoms with Gasteiger partial charge in [-0.15, -0.1) is 5.10 Å². The lowest BCUT2D eigenvalue weighted by Gasteiger charge is -2.16. The van der Waals surface area contributed by atoms with Crippen LogP contribution in [0.1, 0.15) is 30.1 Å². The van der Waals surface area contributed by atoms with Gasteiger partial charge in [0.15, 0.2) is 5.82 Å². The molecule has 0 aliphatic carbocycles. The predicted molar refractivity (Wildman–Crippen MR) is 117 cm³/mol. The van der Waals surface area contributed by atoms with Crippen LogP contribution in [0.4, 0.5) is 5.82 Å². The molecule has 1 saturated heterocycles. The highest BCUT2D eigenvalue weighted by Gasteiger charge is 2.34. The van der Waals surface area contributed by atoms with Crippen LogP contribution in [-0.4, -0.2) is 55.3 Å². The molecule has 0 atom stereocenters. The van der Waals surface area contributed by atoms with Gasteiger partial charge in [0, 0.05) is 37.9 Å². The van der Waals surface area contributed by atoms with Crippen molar-refractivity contribution in [2.75, 3.05) is 11.4 Å². The summed E-state index contributed by atoms with van der Waals surface area (Å²) in [6.45, 7) is 2.31. The van der Waals surface area contributed by atoms with Crippen LogP contribution in [0.3, 0.4) is 0 Å². The number of ether oxygens (including phenoxy) is 1. The molecule has 3 heterocycles. The summed E-state index contributed by atoms with van der Waals surface area (Å²) in [5.74, 6) is -2.34. The molecule has 1 aliphatic heterocycles. The van der Waals surface area contributed by atoms with E-state index in [0.29, 0.717) is 30.1 Å². The summed E-state index contributed by atoms with van der Waals surface area (Å²) in [4.78, 5) is 51.8. The maximum atomic E-state index is 12.1. The first kappa shape index (κ1) is 22.6. The van der Waals surface area contributed by atoms with Crippen LogP contribution < -0.4 is 15.0 Å². The van der Waals surface area contributed by atoms with E-state index in [-0.39, 0.29) is 36.0 Å². The first-order valence-electron chi connectivity index (χ1n) is 10.3. The molecule has 12 heteroatoms. The molecule has 174 valence electrons. The molecule has 1 fully saturated rings. The second-order valence-corrected chi connectivity index (χ2v) is 7.43. The first-order valence-corrected chi connectivity index (χ1v) is 10.3. The number of benzene rings is 1. The quantitative estimate of drug-likeness (QED) is 0.473. The number of carbonyl (C=O) groups excluding carboxylic acids is 3. The molecule has 3 amide bonds. The number of carbonyl (C=O) groups is 4. The molecule has 4 rings (SSSR count). The van der Waals surface area contributed by atoms with Crippen LogP contribution in [0.2, 0.25) is 0 Å². The molecule has 1 aliphatic rings. The van der Waals surface area contributed by atoms with Gasteiger partial charge >= 0.3 is 5.97 Å². The number of aromatic nitrogens is 4. The first-order chi connectivity index (χ1) is 16.3. The van der Waals surface area contributed by atoms with Crippen LogP contribution in [0, 0.1) is 0 Å². The fraction of sp³-hybridized carbons (Fsp3) is 0.227. The molecule has 3 aromatic rings. The van der Waals surface area contributed by atoms with Crippen molar-refractivity contribution in [2.24, 2.45) is 0 Å². The number of nitrogens with one attached hydrogen (secondary N) is 1. The van der Waals surface area contributed by atoms with Gasteiger partial charge in [0.2, 0.25) is 23.6 Å². The molecule has 1 aromatic carbocycles. The second-order valence-electron chi connectivity index (χ2n) is 7.43. The van der Waals surface area contributed by atoms with Crippen molar-refractivity contribution in [3.8, 4) is 22.9 Å². The third-order valence-corrected chi connectivity index (χ3v) is 4.95. The standard InChI is InChI=1S/C22H20N6O6/c1-13(29)23-9-10-27-12-17(25-26-27)14-3-2-4-15(11-14)34-18-6-5-16(22(32)33)21(24-18)28-19(30)7-8-20(28)31/h2-6,11-12H,7-10H2,1H3,(H,23,29)(H,32,33). The van der Waals surface area contributed by atoms with Gasteiger partial charge in [-0.3, -0.25) is 19.1 Å². The van der Waals surface area contributed by atoms with Gasteiger partial charge < -0.3 is 15.2 Å². The summed E-state index contributed by atoms with van der Waals surface area (Å²) < 4.78 is 7.39. The van der Waals surface area contributed by atoms with Crippen LogP contribution in [-0.2, 0) is 20.9 Å². The van der Waals surface area contributed by atoms with Crippen LogP contribution in [0.5, 0.6) is 11.6 Å². The molecule has 34 heavy (non-hydrogen) atoms. The van der Waals surface area contributed by atoms with E-state index in [1.807, 2.05) is 6.07 Å². The predicted octanol–water partition coefficient (Wildman–Crippen LogP) is 1.62. The summed E-state index contributed by atoms with van der Waals surface area (Å²) in [6, 6.07) is 9.50. The number of pyridine rings is 1. The van der Waals surface area contributed by atoms with E-state index in [2.05, 4.69) is 20.6 Å². The Kier molecular flexibility index (Phi) is 6.30. The van der Waals surface area contributed by atoms with Crippen molar-refractivity contribution >= 4 is 29.5 Å². The largest absolute Gasteiger partial charge is 0.478 e. The van der Waals surface area contributed by atoms with E-state index in [1.54, 1.807) is 29.1 Å². The topological polar surface area (TPSA) is 157 Å². The minimum absolute atomic E-state index is 0.00179. The monoisotopic (exact) mass is 464 g/mol. The number of amides is 3. The molecule has 0 unspecified atom stereocenters. The second kappa shape index (κ2) is 9.48. The minimum atomic E-state index is -1.31. The van der Waals surface area contributed by atoms with E-state index in [9.17, 15) is 24.3 Å². The SMILES string of the molecule is CC(=O)NCCn1cc(-c2cccc(Oc3ccc(C(=O)O)c(N4C(=O)CCC4=O)n3)c2)nn1. The summed E-state index contributed by atoms with van der Waals surface area (Å²) in [5, 5.41) is 20.3. The number of anilines is 1. The molecular formula is C22H20N6O6. The fourth-order valence-electron chi connectivity index (χ4n) is 3.36. The van der Waals surface area contributed by atoms with Gasteiger partial charge in [-0.05, 0) is 18.2 Å². The van der Waals surface area contributed by atoms with E-state index >= 15 is 0 Å². The molecular weight excluding hydrogens is 444 g/mol. The molecule has 0 saturated carbocycles. The smallest absolute Gasteiger partial charge is 0.339 e. The van der Waals surface area contributed by atoms with Gasteiger partial charge in [-0.25, -0.2) is 9.69 Å². The number of rotatable bonds is 8. The maximum absolute atomic E-state index is 12.1. The Morgan fingerprint density at radius 3 is 2.62 bits per heavy atom. The Labute approximate surface area is 193 Å². The summed E-state index contributed by atoms with van der Waals surface area (Å²) in [5.41, 5.74) is 1.01. The van der Waals surface area contributed by atoms with Crippen molar-refractivity contribution in [2.45, 2.75) is 26.3 Å². The van der Waals surface area contributed by atoms with Crippen LogP contribution in [0.25, 0.3) is 11.3 Å². The van der Waals surface area contributed by atoms with E-state index in [1.165, 1.54) is 19.1 Å². The van der Waals surface area contributed by atoms with Gasteiger partial charge in [-0.1, -0.05) is 17.3 Å². The zero-order valence-electron chi connectivity index (χ0n) is 18.1. The fourth-order valence-corrected chi connectivity index (χ4v) is 3.36. The molecule has 2 aromatic heterocycles. The third-order valence-electron chi connectivity index (χ3n) is 4.95. The average molecular weight is 464 g/mol. The number of hydrogen-bond donors (Lipinski definition) is 2. The van der Waals surface area contributed by atoms with Crippen molar-refractivity contribution in [3.63, 3.8) is 0 Å². The third kappa shape index (κ3) is 4.90.